The fraction of sp³-hybridized carbons (Fsp3) is 1.00. The molecule has 30 aliphatic heterocycles. The van der Waals surface area contributed by atoms with Crippen LogP contribution in [-0.4, -0.2) is 421 Å². The summed E-state index contributed by atoms with van der Waals surface area (Å²) in [5.41, 5.74) is 0. The monoisotopic (exact) mass is 1300 g/mol. The zero-order valence-corrected chi connectivity index (χ0v) is 46.0. The van der Waals surface area contributed by atoms with Crippen LogP contribution in [0.3, 0.4) is 0 Å². The van der Waals surface area contributed by atoms with Gasteiger partial charge < -0.3 is 198 Å². The molecule has 40 nitrogen and oxygen atoms in total. The minimum absolute atomic E-state index is 1.08. The summed E-state index contributed by atoms with van der Waals surface area (Å²) in [5.74, 6) is 0. The molecular weight excluding hydrogens is 1220 g/mol. The van der Waals surface area contributed by atoms with Crippen molar-refractivity contribution in [3.05, 3.63) is 0 Å². The molecule has 24 N–H and O–H groups in total. The van der Waals surface area contributed by atoms with Crippen molar-refractivity contribution in [2.75, 3.05) is 52.9 Å². The normalized spacial score (nSPS) is 55.4. The highest BCUT2D eigenvalue weighted by Gasteiger charge is 2.60. The molecule has 0 amide bonds. The van der Waals surface area contributed by atoms with Crippen LogP contribution in [0.2, 0.25) is 0 Å². The Hall–Kier alpha value is -1.60. The quantitative estimate of drug-likeness (QED) is 0.107. The van der Waals surface area contributed by atoms with Crippen molar-refractivity contribution in [2.24, 2.45) is 0 Å². The van der Waals surface area contributed by atoms with E-state index in [-0.39, 0.29) is 0 Å². The van der Waals surface area contributed by atoms with Crippen LogP contribution < -0.4 is 0 Å². The Morgan fingerprint density at radius 3 is 0.307 bits per heavy atom. The van der Waals surface area contributed by atoms with E-state index in [1.54, 1.807) is 0 Å². The number of ether oxygens (including phenoxy) is 16. The molecule has 0 saturated carbocycles. The Morgan fingerprint density at radius 2 is 0.227 bits per heavy atom. The average Bonchev–Trinajstić information content (AvgIpc) is 0.985. The fourth-order valence-corrected chi connectivity index (χ4v) is 11.9. The smallest absolute Gasteiger partial charge is 0.187 e. The summed E-state index contributed by atoms with van der Waals surface area (Å²) in [6, 6.07) is 0. The van der Waals surface area contributed by atoms with E-state index in [1.165, 1.54) is 0 Å². The number of rotatable bonds is 8. The Bertz CT molecular complexity index is 1700. The lowest BCUT2D eigenvalue weighted by molar-refractivity contribution is -0.404. The third-order valence-electron chi connectivity index (χ3n) is 16.9. The van der Waals surface area contributed by atoms with Crippen molar-refractivity contribution >= 4 is 0 Å². The first-order valence-corrected chi connectivity index (χ1v) is 28.1. The molecule has 30 rings (SSSR count). The van der Waals surface area contributed by atoms with Crippen molar-refractivity contribution < 1.29 is 198 Å². The molecule has 30 fully saturated rings. The first kappa shape index (κ1) is 70.7. The molecular formula is C48H80O40. The van der Waals surface area contributed by atoms with Crippen LogP contribution in [0.1, 0.15) is 0 Å². The van der Waals surface area contributed by atoms with Gasteiger partial charge in [0.15, 0.2) is 50.3 Å². The van der Waals surface area contributed by atoms with Crippen LogP contribution in [0, 0.1) is 0 Å². The molecule has 30 heterocycles. The lowest BCUT2D eigenvalue weighted by Crippen LogP contribution is -2.69. The van der Waals surface area contributed by atoms with Crippen LogP contribution in [0.15, 0.2) is 0 Å². The maximum absolute atomic E-state index is 11.4. The Balaban J connectivity index is 0.975. The van der Waals surface area contributed by atoms with Gasteiger partial charge in [0, 0.05) is 0 Å². The van der Waals surface area contributed by atoms with Gasteiger partial charge in [-0.2, -0.15) is 0 Å². The van der Waals surface area contributed by atoms with Crippen LogP contribution in [-0.2, 0) is 75.8 Å². The molecule has 30 aliphatic rings. The van der Waals surface area contributed by atoms with Gasteiger partial charge >= 0.3 is 0 Å². The van der Waals surface area contributed by atoms with E-state index in [4.69, 9.17) is 75.8 Å². The van der Waals surface area contributed by atoms with E-state index in [2.05, 4.69) is 0 Å². The maximum Gasteiger partial charge on any atom is 0.187 e. The SMILES string of the molecule is OCC1O[C@H]2O[C@H]3C(CO)O[C@@H](O[C@H]4C(CO)O[C@@H](O[C@H]5C(CO)O[C@@H](O[C@H]6C(CO)O[C@@H](O[C@H]7C(CO)O[C@@H](O[C@H]8C(CO)O[C@@H](O[C@H]9C(CO)O[C@@H](O[C@@H]1C(O)C2O)C(O)C9O)C(O)C8O)C(O)C7O)C(O)[C@@H]6O)C(O)C5O)C(O)C4O)C(O)C3O. The van der Waals surface area contributed by atoms with Crippen molar-refractivity contribution in [3.8, 4) is 0 Å². The third-order valence-corrected chi connectivity index (χ3v) is 16.9. The molecule has 30 saturated heterocycles. The van der Waals surface area contributed by atoms with E-state index in [0.29, 0.717) is 0 Å². The van der Waals surface area contributed by atoms with E-state index in [9.17, 15) is 123 Å². The summed E-state index contributed by atoms with van der Waals surface area (Å²) in [6.45, 7) is -8.64. The molecule has 16 bridgehead atoms. The topological polar surface area (TPSA) is 633 Å². The molecule has 512 valence electrons. The van der Waals surface area contributed by atoms with Gasteiger partial charge in [-0.25, -0.2) is 0 Å². The molecule has 40 atom stereocenters. The first-order chi connectivity index (χ1) is 41.9. The van der Waals surface area contributed by atoms with Gasteiger partial charge in [-0.15, -0.1) is 0 Å². The van der Waals surface area contributed by atoms with Gasteiger partial charge in [0.2, 0.25) is 0 Å². The molecule has 88 heavy (non-hydrogen) atoms. The van der Waals surface area contributed by atoms with E-state index < -0.39 is 299 Å². The van der Waals surface area contributed by atoms with Crippen LogP contribution in [0.25, 0.3) is 0 Å². The maximum atomic E-state index is 11.4. The molecule has 0 aromatic heterocycles. The summed E-state index contributed by atoms with van der Waals surface area (Å²) in [5, 5.41) is 265. The second kappa shape index (κ2) is 30.0. The van der Waals surface area contributed by atoms with E-state index in [0.717, 1.165) is 0 Å². The summed E-state index contributed by atoms with van der Waals surface area (Å²) >= 11 is 0. The van der Waals surface area contributed by atoms with Gasteiger partial charge in [0.05, 0.1) is 52.9 Å². The predicted octanol–water partition coefficient (Wildman–Crippen LogP) is -17.4. The van der Waals surface area contributed by atoms with E-state index >= 15 is 0 Å². The highest BCUT2D eigenvalue weighted by molar-refractivity contribution is 5.02. The Morgan fingerprint density at radius 1 is 0.136 bits per heavy atom. The average molecular weight is 1300 g/mol. The van der Waals surface area contributed by atoms with Crippen LogP contribution in [0.5, 0.6) is 0 Å². The molecule has 0 aromatic rings. The van der Waals surface area contributed by atoms with Crippen molar-refractivity contribution in [1.29, 1.82) is 0 Å². The van der Waals surface area contributed by atoms with E-state index in [1.807, 2.05) is 0 Å². The van der Waals surface area contributed by atoms with Gasteiger partial charge in [-0.3, -0.25) is 0 Å². The summed E-state index contributed by atoms with van der Waals surface area (Å²) in [6.07, 6.45) is -82.0. The van der Waals surface area contributed by atoms with Gasteiger partial charge in [-0.1, -0.05) is 0 Å². The highest BCUT2D eigenvalue weighted by Crippen LogP contribution is 2.40. The Kier molecular flexibility index (Phi) is 24.1. The highest BCUT2D eigenvalue weighted by atomic mass is 16.8. The zero-order valence-electron chi connectivity index (χ0n) is 46.0. The summed E-state index contributed by atoms with van der Waals surface area (Å²) in [7, 11) is 0. The second-order valence-corrected chi connectivity index (χ2v) is 22.5. The van der Waals surface area contributed by atoms with Crippen LogP contribution in [0.4, 0.5) is 0 Å². The van der Waals surface area contributed by atoms with Gasteiger partial charge in [0.1, 0.15) is 195 Å². The lowest BCUT2D eigenvalue weighted by Gasteiger charge is -2.50. The molecule has 23 unspecified atom stereocenters. The number of aliphatic hydroxyl groups is 24. The number of aliphatic hydroxyl groups excluding tert-OH is 24. The lowest BCUT2D eigenvalue weighted by atomic mass is 9.94. The standard InChI is InChI=1S/C48H80O40/c49-1-9-33-17(57)25(65)41(73-9)82-34-10(2-50)75-43(27(67)19(34)59)84-36-12(4-52)77-45(29(69)21(36)61)86-38-14(6-54)79-47(31(71)23(38)63)88-40-16(8-56)80-48(32(72)24(40)64)87-39-15(7-55)78-46(30(70)22(39)62)85-37-13(5-53)76-44(28(68)20(37)60)83-35-11(3-51)74-42(81-33)26(66)18(35)58/h9-72H,1-8H2/t9?,10?,11?,12?,13?,14?,15?,16?,17-,18?,19?,20?,21?,22?,23?,24?,25?,26?,27?,28?,29?,30?,31?,32?,33-,34-,35-,36-,37-,38-,39-,40-,41-,42-,43-,44-,45-,46-,47-,48-/m0/s1. The molecule has 0 aromatic carbocycles. The second-order valence-electron chi connectivity index (χ2n) is 22.5. The fourth-order valence-electron chi connectivity index (χ4n) is 11.9. The first-order valence-electron chi connectivity index (χ1n) is 28.1. The van der Waals surface area contributed by atoms with Gasteiger partial charge in [0.25, 0.3) is 0 Å². The zero-order chi connectivity index (χ0) is 64.1. The molecule has 0 aliphatic carbocycles. The van der Waals surface area contributed by atoms with Crippen molar-refractivity contribution in [3.63, 3.8) is 0 Å². The molecule has 0 spiro atoms. The largest absolute Gasteiger partial charge is 0.394 e. The van der Waals surface area contributed by atoms with Crippen molar-refractivity contribution in [2.45, 2.75) is 246 Å². The minimum atomic E-state index is -2.25. The Labute approximate surface area is 496 Å². The minimum Gasteiger partial charge on any atom is -0.394 e. The summed E-state index contributed by atoms with van der Waals surface area (Å²) < 4.78 is 91.1. The molecule has 0 radical (unpaired) electrons. The van der Waals surface area contributed by atoms with Crippen LogP contribution >= 0.6 is 0 Å². The number of hydrogen-bond acceptors (Lipinski definition) is 40. The van der Waals surface area contributed by atoms with Gasteiger partial charge in [-0.05, 0) is 0 Å². The van der Waals surface area contributed by atoms with Crippen molar-refractivity contribution in [1.82, 2.24) is 0 Å². The third kappa shape index (κ3) is 13.8. The summed E-state index contributed by atoms with van der Waals surface area (Å²) in [4.78, 5) is 0. The number of hydrogen-bond donors (Lipinski definition) is 24. The molecule has 40 heteroatoms. The predicted molar refractivity (Wildman–Crippen MR) is 261 cm³/mol.